The van der Waals surface area contributed by atoms with Gasteiger partial charge in [-0.3, -0.25) is 10.2 Å². The highest BCUT2D eigenvalue weighted by Crippen LogP contribution is 2.06. The predicted molar refractivity (Wildman–Crippen MR) is 56.8 cm³/mol. The van der Waals surface area contributed by atoms with E-state index in [1.54, 1.807) is 12.1 Å². The summed E-state index contributed by atoms with van der Waals surface area (Å²) in [5, 5.41) is 0. The number of nitrogens with two attached hydrogens (primary N) is 1. The minimum absolute atomic E-state index is 0.178. The molecule has 0 bridgehead atoms. The van der Waals surface area contributed by atoms with E-state index in [1.165, 1.54) is 0 Å². The third kappa shape index (κ3) is 3.49. The van der Waals surface area contributed by atoms with Crippen LogP contribution in [-0.2, 0) is 0 Å². The number of carbonyl (C=O) groups excluding carboxylic acids is 1. The van der Waals surface area contributed by atoms with E-state index in [9.17, 15) is 4.79 Å². The number of hydrogen-bond acceptors (Lipinski definition) is 3. The molecule has 0 aliphatic heterocycles. The molecular formula is C11H14N2O2. The molecule has 0 atom stereocenters. The first-order chi connectivity index (χ1) is 7.27. The summed E-state index contributed by atoms with van der Waals surface area (Å²) in [5.41, 5.74) is 1.99. The van der Waals surface area contributed by atoms with Crippen LogP contribution in [0.3, 0.4) is 0 Å². The molecule has 3 N–H and O–H groups in total. The molecule has 4 heteroatoms. The molecule has 4 nitrogen and oxygen atoms in total. The molecule has 1 heterocycles. The van der Waals surface area contributed by atoms with Gasteiger partial charge in [0.15, 0.2) is 11.5 Å². The smallest absolute Gasteiger partial charge is 0.300 e. The third-order valence-corrected chi connectivity index (χ3v) is 1.83. The number of nitrogens with one attached hydrogen (secondary N) is 1. The highest BCUT2D eigenvalue weighted by Gasteiger charge is 2.07. The zero-order chi connectivity index (χ0) is 11.1. The molecule has 0 saturated heterocycles. The van der Waals surface area contributed by atoms with Crippen molar-refractivity contribution in [2.24, 2.45) is 5.84 Å². The Labute approximate surface area is 88.8 Å². The van der Waals surface area contributed by atoms with Gasteiger partial charge in [0.25, 0.3) is 0 Å². The van der Waals surface area contributed by atoms with Crippen molar-refractivity contribution in [1.29, 1.82) is 0 Å². The van der Waals surface area contributed by atoms with E-state index in [0.717, 1.165) is 19.3 Å². The van der Waals surface area contributed by atoms with Crippen LogP contribution in [0.25, 0.3) is 0 Å². The second kappa shape index (κ2) is 5.89. The first-order valence-electron chi connectivity index (χ1n) is 4.87. The Morgan fingerprint density at radius 2 is 2.40 bits per heavy atom. The SMILES string of the molecule is CCCCC#Cc1ccc(C(=O)NN)o1. The van der Waals surface area contributed by atoms with Gasteiger partial charge in [-0.1, -0.05) is 19.3 Å². The number of furan rings is 1. The van der Waals surface area contributed by atoms with Gasteiger partial charge in [0, 0.05) is 6.42 Å². The minimum atomic E-state index is -0.448. The van der Waals surface area contributed by atoms with E-state index in [2.05, 4.69) is 18.8 Å². The van der Waals surface area contributed by atoms with Crippen molar-refractivity contribution in [3.8, 4) is 11.8 Å². The Morgan fingerprint density at radius 3 is 3.07 bits per heavy atom. The van der Waals surface area contributed by atoms with Crippen LogP contribution >= 0.6 is 0 Å². The third-order valence-electron chi connectivity index (χ3n) is 1.83. The molecule has 0 saturated carbocycles. The zero-order valence-electron chi connectivity index (χ0n) is 8.67. The van der Waals surface area contributed by atoms with Crippen molar-refractivity contribution in [2.75, 3.05) is 0 Å². The highest BCUT2D eigenvalue weighted by atomic mass is 16.3. The van der Waals surface area contributed by atoms with Crippen LogP contribution in [0.2, 0.25) is 0 Å². The summed E-state index contributed by atoms with van der Waals surface area (Å²) >= 11 is 0. The van der Waals surface area contributed by atoms with Gasteiger partial charge in [0.05, 0.1) is 0 Å². The Morgan fingerprint density at radius 1 is 1.60 bits per heavy atom. The number of carbonyl (C=O) groups is 1. The number of hydrogen-bond donors (Lipinski definition) is 2. The Hall–Kier alpha value is -1.73. The summed E-state index contributed by atoms with van der Waals surface area (Å²) in [5.74, 6) is 11.0. The lowest BCUT2D eigenvalue weighted by Crippen LogP contribution is -2.29. The van der Waals surface area contributed by atoms with E-state index in [0.29, 0.717) is 5.76 Å². The monoisotopic (exact) mass is 206 g/mol. The van der Waals surface area contributed by atoms with Crippen LogP contribution in [0.5, 0.6) is 0 Å². The molecule has 1 aromatic rings. The molecule has 1 aromatic heterocycles. The molecule has 1 amide bonds. The van der Waals surface area contributed by atoms with Crippen LogP contribution in [0.15, 0.2) is 16.5 Å². The minimum Gasteiger partial charge on any atom is -0.443 e. The van der Waals surface area contributed by atoms with Crippen molar-refractivity contribution in [1.82, 2.24) is 5.43 Å². The van der Waals surface area contributed by atoms with E-state index < -0.39 is 5.91 Å². The summed E-state index contributed by atoms with van der Waals surface area (Å²) in [6.45, 7) is 2.11. The van der Waals surface area contributed by atoms with Gasteiger partial charge >= 0.3 is 5.91 Å². The quantitative estimate of drug-likeness (QED) is 0.258. The summed E-state index contributed by atoms with van der Waals surface area (Å²) in [6, 6.07) is 3.20. The molecule has 0 aromatic carbocycles. The van der Waals surface area contributed by atoms with Gasteiger partial charge < -0.3 is 4.42 Å². The lowest BCUT2D eigenvalue weighted by atomic mass is 10.2. The van der Waals surface area contributed by atoms with Crippen LogP contribution < -0.4 is 11.3 Å². The topological polar surface area (TPSA) is 68.3 Å². The van der Waals surface area contributed by atoms with Crippen LogP contribution in [0.1, 0.15) is 42.5 Å². The fraction of sp³-hybridized carbons (Fsp3) is 0.364. The fourth-order valence-electron chi connectivity index (χ4n) is 1.01. The molecule has 0 unspecified atom stereocenters. The lowest BCUT2D eigenvalue weighted by Gasteiger charge is -1.91. The lowest BCUT2D eigenvalue weighted by molar-refractivity contribution is 0.0925. The second-order valence-electron chi connectivity index (χ2n) is 3.04. The van der Waals surface area contributed by atoms with Gasteiger partial charge in [-0.15, -0.1) is 0 Å². The largest absolute Gasteiger partial charge is 0.443 e. The highest BCUT2D eigenvalue weighted by molar-refractivity contribution is 5.91. The van der Waals surface area contributed by atoms with Gasteiger partial charge in [0.2, 0.25) is 0 Å². The number of hydrazine groups is 1. The number of unbranched alkanes of at least 4 members (excludes halogenated alkanes) is 2. The number of rotatable bonds is 3. The summed E-state index contributed by atoms with van der Waals surface area (Å²) < 4.78 is 5.15. The zero-order valence-corrected chi connectivity index (χ0v) is 8.67. The Balaban J connectivity index is 2.59. The summed E-state index contributed by atoms with van der Waals surface area (Å²) in [6.07, 6.45) is 3.03. The van der Waals surface area contributed by atoms with Crippen LogP contribution in [0.4, 0.5) is 0 Å². The Bertz CT molecular complexity index is 385. The van der Waals surface area contributed by atoms with Crippen molar-refractivity contribution >= 4 is 5.91 Å². The van der Waals surface area contributed by atoms with Crippen molar-refractivity contribution < 1.29 is 9.21 Å². The molecule has 80 valence electrons. The van der Waals surface area contributed by atoms with E-state index >= 15 is 0 Å². The maximum atomic E-state index is 11.0. The molecule has 15 heavy (non-hydrogen) atoms. The average molecular weight is 206 g/mol. The van der Waals surface area contributed by atoms with Gasteiger partial charge in [-0.2, -0.15) is 0 Å². The first-order valence-corrected chi connectivity index (χ1v) is 4.87. The fourth-order valence-corrected chi connectivity index (χ4v) is 1.01. The maximum Gasteiger partial charge on any atom is 0.300 e. The molecule has 0 spiro atoms. The standard InChI is InChI=1S/C11H14N2O2/c1-2-3-4-5-6-9-7-8-10(15-9)11(14)13-12/h7-8H,2-4,12H2,1H3,(H,13,14). The van der Waals surface area contributed by atoms with E-state index in [-0.39, 0.29) is 5.76 Å². The normalized spacial score (nSPS) is 9.20. The molecule has 0 radical (unpaired) electrons. The number of nitrogen functional groups attached to an aromatic ring is 1. The van der Waals surface area contributed by atoms with Gasteiger partial charge in [-0.05, 0) is 24.5 Å². The second-order valence-corrected chi connectivity index (χ2v) is 3.04. The van der Waals surface area contributed by atoms with Crippen molar-refractivity contribution in [2.45, 2.75) is 26.2 Å². The van der Waals surface area contributed by atoms with Gasteiger partial charge in [0.1, 0.15) is 0 Å². The average Bonchev–Trinajstić information content (AvgIpc) is 2.72. The first kappa shape index (κ1) is 11.3. The van der Waals surface area contributed by atoms with Crippen molar-refractivity contribution in [3.05, 3.63) is 23.7 Å². The summed E-state index contributed by atoms with van der Waals surface area (Å²) in [7, 11) is 0. The Kier molecular flexibility index (Phi) is 4.45. The van der Waals surface area contributed by atoms with Gasteiger partial charge in [-0.25, -0.2) is 5.84 Å². The maximum absolute atomic E-state index is 11.0. The van der Waals surface area contributed by atoms with E-state index in [4.69, 9.17) is 10.3 Å². The van der Waals surface area contributed by atoms with Crippen LogP contribution in [0, 0.1) is 11.8 Å². The van der Waals surface area contributed by atoms with Crippen LogP contribution in [-0.4, -0.2) is 5.91 Å². The number of amides is 1. The molecule has 0 aliphatic carbocycles. The molecule has 1 rings (SSSR count). The van der Waals surface area contributed by atoms with E-state index in [1.807, 2.05) is 5.43 Å². The van der Waals surface area contributed by atoms with Crippen molar-refractivity contribution in [3.63, 3.8) is 0 Å². The molecule has 0 fully saturated rings. The summed E-state index contributed by atoms with van der Waals surface area (Å²) in [4.78, 5) is 11.0. The molecular weight excluding hydrogens is 192 g/mol. The predicted octanol–water partition coefficient (Wildman–Crippen LogP) is 1.42. The molecule has 0 aliphatic rings.